The van der Waals surface area contributed by atoms with Crippen LogP contribution < -0.4 is 15.5 Å². The molecule has 0 spiro atoms. The van der Waals surface area contributed by atoms with Crippen LogP contribution in [0.15, 0.2) is 64.7 Å². The molecule has 4 nitrogen and oxygen atoms in total. The van der Waals surface area contributed by atoms with E-state index >= 15 is 0 Å². The van der Waals surface area contributed by atoms with Gasteiger partial charge in [-0.15, -0.1) is 0 Å². The molecule has 0 saturated heterocycles. The summed E-state index contributed by atoms with van der Waals surface area (Å²) < 4.78 is 6.51. The van der Waals surface area contributed by atoms with Crippen molar-refractivity contribution < 1.29 is 4.74 Å². The number of benzene rings is 2. The van der Waals surface area contributed by atoms with Crippen molar-refractivity contribution in [1.82, 2.24) is 5.43 Å². The van der Waals surface area contributed by atoms with Crippen molar-refractivity contribution in [3.63, 3.8) is 0 Å². The Balaban J connectivity index is 1.99. The maximum Gasteiger partial charge on any atom is 0.191 e. The first kappa shape index (κ1) is 18.4. The Morgan fingerprint density at radius 3 is 2.92 bits per heavy atom. The lowest BCUT2D eigenvalue weighted by Gasteiger charge is -2.09. The highest BCUT2D eigenvalue weighted by Gasteiger charge is 2.02. The summed E-state index contributed by atoms with van der Waals surface area (Å²) in [5.74, 6) is 0.706. The van der Waals surface area contributed by atoms with Gasteiger partial charge in [-0.25, -0.2) is 0 Å². The molecule has 2 aromatic carbocycles. The molecule has 0 bridgehead atoms. The van der Waals surface area contributed by atoms with E-state index in [1.54, 1.807) is 24.4 Å². The summed E-state index contributed by atoms with van der Waals surface area (Å²) in [4.78, 5) is 0. The van der Waals surface area contributed by atoms with E-state index in [0.29, 0.717) is 22.5 Å². The fourth-order valence-corrected chi connectivity index (χ4v) is 2.53. The van der Waals surface area contributed by atoms with Gasteiger partial charge in [0.2, 0.25) is 0 Å². The number of hydrazone groups is 1. The lowest BCUT2D eigenvalue weighted by Crippen LogP contribution is -2.23. The van der Waals surface area contributed by atoms with Crippen molar-refractivity contribution in [2.45, 2.75) is 0 Å². The number of halogens is 2. The molecule has 0 aliphatic rings. The Morgan fingerprint density at radius 2 is 2.17 bits per heavy atom. The molecular formula is C17H15BrClN3OS. The minimum Gasteiger partial charge on any atom is -0.489 e. The van der Waals surface area contributed by atoms with Crippen LogP contribution in [0.4, 0.5) is 5.69 Å². The molecule has 0 saturated carbocycles. The van der Waals surface area contributed by atoms with Crippen molar-refractivity contribution in [2.75, 3.05) is 11.9 Å². The first-order valence-electron chi connectivity index (χ1n) is 6.97. The summed E-state index contributed by atoms with van der Waals surface area (Å²) in [6, 6.07) is 12.9. The summed E-state index contributed by atoms with van der Waals surface area (Å²) in [7, 11) is 0. The van der Waals surface area contributed by atoms with Gasteiger partial charge in [0.1, 0.15) is 12.4 Å². The Hall–Kier alpha value is -1.89. The predicted molar refractivity (Wildman–Crippen MR) is 108 cm³/mol. The van der Waals surface area contributed by atoms with E-state index in [1.807, 2.05) is 30.3 Å². The minimum absolute atomic E-state index is 0.358. The standard InChI is InChI=1S/C17H15BrClN3OS/c1-2-8-23-16-7-6-13(18)9-12(16)11-20-22-17(24)21-15-5-3-4-14(19)10-15/h2-7,9-11H,1,8H2,(H2,21,22,24)/b20-11-. The van der Waals surface area contributed by atoms with Gasteiger partial charge in [-0.3, -0.25) is 5.43 Å². The van der Waals surface area contributed by atoms with Gasteiger partial charge in [0.05, 0.1) is 6.21 Å². The summed E-state index contributed by atoms with van der Waals surface area (Å²) in [6.07, 6.45) is 3.32. The molecule has 0 aliphatic carbocycles. The van der Waals surface area contributed by atoms with Gasteiger partial charge in [0.25, 0.3) is 0 Å². The van der Waals surface area contributed by atoms with E-state index in [0.717, 1.165) is 15.7 Å². The molecule has 124 valence electrons. The van der Waals surface area contributed by atoms with Gasteiger partial charge in [-0.2, -0.15) is 5.10 Å². The monoisotopic (exact) mass is 423 g/mol. The van der Waals surface area contributed by atoms with Gasteiger partial charge < -0.3 is 10.1 Å². The molecule has 0 amide bonds. The third kappa shape index (κ3) is 5.96. The van der Waals surface area contributed by atoms with Gasteiger partial charge >= 0.3 is 0 Å². The second kappa shape index (κ2) is 9.42. The average molecular weight is 425 g/mol. The highest BCUT2D eigenvalue weighted by Crippen LogP contribution is 2.21. The lowest BCUT2D eigenvalue weighted by atomic mass is 10.2. The van der Waals surface area contributed by atoms with Crippen LogP contribution in [0.5, 0.6) is 5.75 Å². The van der Waals surface area contributed by atoms with E-state index in [4.69, 9.17) is 28.6 Å². The molecule has 2 rings (SSSR count). The van der Waals surface area contributed by atoms with Crippen molar-refractivity contribution in [2.24, 2.45) is 5.10 Å². The molecule has 0 unspecified atom stereocenters. The topological polar surface area (TPSA) is 45.6 Å². The van der Waals surface area contributed by atoms with Gasteiger partial charge in [0, 0.05) is 20.7 Å². The highest BCUT2D eigenvalue weighted by atomic mass is 79.9. The normalized spacial score (nSPS) is 10.4. The predicted octanol–water partition coefficient (Wildman–Crippen LogP) is 4.99. The third-order valence-electron chi connectivity index (χ3n) is 2.78. The van der Waals surface area contributed by atoms with Crippen molar-refractivity contribution in [1.29, 1.82) is 0 Å². The molecule has 2 aromatic rings. The second-order valence-electron chi connectivity index (χ2n) is 4.62. The van der Waals surface area contributed by atoms with Crippen LogP contribution in [-0.4, -0.2) is 17.9 Å². The number of nitrogens with zero attached hydrogens (tertiary/aromatic N) is 1. The third-order valence-corrected chi connectivity index (χ3v) is 3.70. The molecule has 7 heteroatoms. The summed E-state index contributed by atoms with van der Waals surface area (Å²) in [5.41, 5.74) is 4.35. The van der Waals surface area contributed by atoms with E-state index in [2.05, 4.69) is 38.4 Å². The molecule has 0 atom stereocenters. The van der Waals surface area contributed by atoms with Gasteiger partial charge in [-0.05, 0) is 48.6 Å². The van der Waals surface area contributed by atoms with Crippen molar-refractivity contribution in [3.8, 4) is 5.75 Å². The zero-order valence-corrected chi connectivity index (χ0v) is 15.8. The van der Waals surface area contributed by atoms with Crippen LogP contribution in [0.2, 0.25) is 5.02 Å². The Kier molecular flexibility index (Phi) is 7.24. The van der Waals surface area contributed by atoms with Crippen LogP contribution >= 0.6 is 39.7 Å². The lowest BCUT2D eigenvalue weighted by molar-refractivity contribution is 0.362. The zero-order chi connectivity index (χ0) is 17.4. The molecular weight excluding hydrogens is 410 g/mol. The largest absolute Gasteiger partial charge is 0.489 e. The summed E-state index contributed by atoms with van der Waals surface area (Å²) in [6.45, 7) is 4.06. The average Bonchev–Trinajstić information content (AvgIpc) is 2.54. The smallest absolute Gasteiger partial charge is 0.191 e. The van der Waals surface area contributed by atoms with Crippen molar-refractivity contribution in [3.05, 3.63) is 70.2 Å². The Bertz CT molecular complexity index is 767. The zero-order valence-electron chi connectivity index (χ0n) is 12.6. The van der Waals surface area contributed by atoms with Crippen LogP contribution in [0.25, 0.3) is 0 Å². The Labute approximate surface area is 159 Å². The minimum atomic E-state index is 0.358. The highest BCUT2D eigenvalue weighted by molar-refractivity contribution is 9.10. The summed E-state index contributed by atoms with van der Waals surface area (Å²) in [5, 5.41) is 8.12. The molecule has 2 N–H and O–H groups in total. The fourth-order valence-electron chi connectivity index (χ4n) is 1.79. The molecule has 0 radical (unpaired) electrons. The number of anilines is 1. The number of nitrogens with one attached hydrogen (secondary N) is 2. The number of hydrogen-bond donors (Lipinski definition) is 2. The SMILES string of the molecule is C=CCOc1ccc(Br)cc1/C=N\NC(=S)Nc1cccc(Cl)c1. The first-order valence-corrected chi connectivity index (χ1v) is 8.55. The number of rotatable bonds is 6. The van der Waals surface area contributed by atoms with E-state index < -0.39 is 0 Å². The van der Waals surface area contributed by atoms with Crippen LogP contribution in [-0.2, 0) is 0 Å². The summed E-state index contributed by atoms with van der Waals surface area (Å²) >= 11 is 14.5. The Morgan fingerprint density at radius 1 is 1.33 bits per heavy atom. The van der Waals surface area contributed by atoms with E-state index in [-0.39, 0.29) is 0 Å². The van der Waals surface area contributed by atoms with E-state index in [1.165, 1.54) is 0 Å². The number of thiocarbonyl (C=S) groups is 1. The van der Waals surface area contributed by atoms with Crippen LogP contribution in [0.3, 0.4) is 0 Å². The quantitative estimate of drug-likeness (QED) is 0.297. The van der Waals surface area contributed by atoms with Gasteiger partial charge in [0.15, 0.2) is 5.11 Å². The molecule has 0 aliphatic heterocycles. The van der Waals surface area contributed by atoms with Crippen molar-refractivity contribution >= 4 is 56.8 Å². The van der Waals surface area contributed by atoms with Crippen LogP contribution in [0.1, 0.15) is 5.56 Å². The number of hydrogen-bond acceptors (Lipinski definition) is 3. The second-order valence-corrected chi connectivity index (χ2v) is 6.38. The molecule has 0 aromatic heterocycles. The maximum absolute atomic E-state index is 5.93. The molecule has 0 heterocycles. The number of ether oxygens (including phenoxy) is 1. The van der Waals surface area contributed by atoms with Gasteiger partial charge in [-0.1, -0.05) is 46.3 Å². The first-order chi connectivity index (χ1) is 11.6. The molecule has 24 heavy (non-hydrogen) atoms. The molecule has 0 fully saturated rings. The maximum atomic E-state index is 5.93. The fraction of sp³-hybridized carbons (Fsp3) is 0.0588. The van der Waals surface area contributed by atoms with E-state index in [9.17, 15) is 0 Å². The van der Waals surface area contributed by atoms with Crippen LogP contribution in [0, 0.1) is 0 Å².